The predicted molar refractivity (Wildman–Crippen MR) is 111 cm³/mol. The van der Waals surface area contributed by atoms with E-state index < -0.39 is 17.7 Å². The van der Waals surface area contributed by atoms with Gasteiger partial charge in [0.15, 0.2) is 5.78 Å². The van der Waals surface area contributed by atoms with Crippen LogP contribution in [0.1, 0.15) is 79.5 Å². The fraction of sp³-hybridized carbons (Fsp3) is 0.480. The van der Waals surface area contributed by atoms with Gasteiger partial charge in [0, 0.05) is 0 Å². The Morgan fingerprint density at radius 1 is 1.00 bits per heavy atom. The Morgan fingerprint density at radius 2 is 1.64 bits per heavy atom. The maximum Gasteiger partial charge on any atom is 0.198 e. The molecule has 1 aliphatic carbocycles. The quantitative estimate of drug-likeness (QED) is 0.545. The van der Waals surface area contributed by atoms with Crippen molar-refractivity contribution in [3.8, 4) is 0 Å². The number of benzene rings is 2. The van der Waals surface area contributed by atoms with Gasteiger partial charge in [0.05, 0.1) is 5.56 Å². The standard InChI is InChI=1S/C25H31FO2/c1-2-7-18-12-14-19(15-13-18)16-17-20-10-6-11-22(23(20)26)25(28)24(27)21-8-4-3-5-9-21/h3-6,8-11,18-19,24,27H,2,7,12-17H2,1H3/t18-,19-,24?. The molecule has 0 bridgehead atoms. The highest BCUT2D eigenvalue weighted by Crippen LogP contribution is 2.34. The van der Waals surface area contributed by atoms with Crippen molar-refractivity contribution in [3.63, 3.8) is 0 Å². The largest absolute Gasteiger partial charge is 0.380 e. The molecule has 2 aromatic rings. The fourth-order valence-corrected chi connectivity index (χ4v) is 4.47. The van der Waals surface area contributed by atoms with Gasteiger partial charge in [-0.15, -0.1) is 0 Å². The van der Waals surface area contributed by atoms with Crippen molar-refractivity contribution in [2.75, 3.05) is 0 Å². The summed E-state index contributed by atoms with van der Waals surface area (Å²) in [4.78, 5) is 12.6. The minimum Gasteiger partial charge on any atom is -0.380 e. The predicted octanol–water partition coefficient (Wildman–Crippen LogP) is 6.28. The molecule has 0 aromatic heterocycles. The zero-order valence-corrected chi connectivity index (χ0v) is 16.7. The molecular weight excluding hydrogens is 351 g/mol. The Hall–Kier alpha value is -2.00. The van der Waals surface area contributed by atoms with Crippen molar-refractivity contribution >= 4 is 5.78 Å². The van der Waals surface area contributed by atoms with Crippen LogP contribution in [0.2, 0.25) is 0 Å². The second-order valence-corrected chi connectivity index (χ2v) is 8.17. The van der Waals surface area contributed by atoms with Gasteiger partial charge in [-0.1, -0.05) is 87.9 Å². The highest BCUT2D eigenvalue weighted by atomic mass is 19.1. The second kappa shape index (κ2) is 9.97. The van der Waals surface area contributed by atoms with Gasteiger partial charge in [-0.3, -0.25) is 4.79 Å². The van der Waals surface area contributed by atoms with Crippen LogP contribution in [-0.4, -0.2) is 10.9 Å². The van der Waals surface area contributed by atoms with E-state index in [0.717, 1.165) is 12.3 Å². The smallest absolute Gasteiger partial charge is 0.198 e. The minimum absolute atomic E-state index is 0.0134. The number of carbonyl (C=O) groups excluding carboxylic acids is 1. The normalized spacial score (nSPS) is 20.7. The molecule has 3 heteroatoms. The van der Waals surface area contributed by atoms with Crippen LogP contribution in [0.25, 0.3) is 0 Å². The number of aryl methyl sites for hydroxylation is 1. The number of hydrogen-bond donors (Lipinski definition) is 1. The van der Waals surface area contributed by atoms with Gasteiger partial charge in [-0.2, -0.15) is 0 Å². The van der Waals surface area contributed by atoms with Crippen molar-refractivity contribution in [1.29, 1.82) is 0 Å². The molecule has 0 spiro atoms. The summed E-state index contributed by atoms with van der Waals surface area (Å²) in [5.74, 6) is 0.480. The fourth-order valence-electron chi connectivity index (χ4n) is 4.47. The van der Waals surface area contributed by atoms with Crippen LogP contribution >= 0.6 is 0 Å². The number of hydrogen-bond acceptors (Lipinski definition) is 2. The molecule has 1 unspecified atom stereocenters. The lowest BCUT2D eigenvalue weighted by Crippen LogP contribution is -2.16. The molecule has 28 heavy (non-hydrogen) atoms. The number of Topliss-reactive ketones (excluding diaryl/α,β-unsaturated/α-hetero) is 1. The van der Waals surface area contributed by atoms with Gasteiger partial charge in [0.25, 0.3) is 0 Å². The maximum atomic E-state index is 15.0. The number of halogens is 1. The summed E-state index contributed by atoms with van der Waals surface area (Å²) in [6, 6.07) is 13.7. The summed E-state index contributed by atoms with van der Waals surface area (Å²) in [5, 5.41) is 10.3. The number of rotatable bonds is 8. The first kappa shape index (κ1) is 20.7. The van der Waals surface area contributed by atoms with E-state index in [-0.39, 0.29) is 5.56 Å². The molecule has 2 aromatic carbocycles. The third-order valence-corrected chi connectivity index (χ3v) is 6.19. The van der Waals surface area contributed by atoms with Crippen LogP contribution in [-0.2, 0) is 6.42 Å². The van der Waals surface area contributed by atoms with E-state index in [1.54, 1.807) is 36.4 Å². The zero-order chi connectivity index (χ0) is 19.9. The van der Waals surface area contributed by atoms with E-state index in [9.17, 15) is 14.3 Å². The average Bonchev–Trinajstić information content (AvgIpc) is 2.74. The Balaban J connectivity index is 1.62. The second-order valence-electron chi connectivity index (χ2n) is 8.17. The van der Waals surface area contributed by atoms with Gasteiger partial charge >= 0.3 is 0 Å². The zero-order valence-electron chi connectivity index (χ0n) is 16.7. The summed E-state index contributed by atoms with van der Waals surface area (Å²) < 4.78 is 15.0. The van der Waals surface area contributed by atoms with Crippen molar-refractivity contribution in [2.24, 2.45) is 11.8 Å². The van der Waals surface area contributed by atoms with E-state index in [2.05, 4.69) is 6.92 Å². The summed E-state index contributed by atoms with van der Waals surface area (Å²) in [5.41, 5.74) is 1.06. The Kier molecular flexibility index (Phi) is 7.38. The third kappa shape index (κ3) is 5.08. The van der Waals surface area contributed by atoms with Crippen molar-refractivity contribution < 1.29 is 14.3 Å². The van der Waals surface area contributed by atoms with Gasteiger partial charge in [0.2, 0.25) is 0 Å². The molecule has 0 radical (unpaired) electrons. The molecule has 0 saturated heterocycles. The highest BCUT2D eigenvalue weighted by Gasteiger charge is 2.24. The molecule has 0 amide bonds. The van der Waals surface area contributed by atoms with Crippen LogP contribution in [0.4, 0.5) is 4.39 Å². The molecule has 1 saturated carbocycles. The summed E-state index contributed by atoms with van der Waals surface area (Å²) in [6.45, 7) is 2.25. The van der Waals surface area contributed by atoms with Crippen molar-refractivity contribution in [1.82, 2.24) is 0 Å². The first-order valence-electron chi connectivity index (χ1n) is 10.6. The van der Waals surface area contributed by atoms with Crippen LogP contribution in [0.3, 0.4) is 0 Å². The Morgan fingerprint density at radius 3 is 2.29 bits per heavy atom. The van der Waals surface area contributed by atoms with Crippen LogP contribution in [0, 0.1) is 17.7 Å². The summed E-state index contributed by atoms with van der Waals surface area (Å²) in [6.07, 6.45) is 7.93. The molecule has 0 aliphatic heterocycles. The summed E-state index contributed by atoms with van der Waals surface area (Å²) >= 11 is 0. The van der Waals surface area contributed by atoms with Gasteiger partial charge in [-0.05, 0) is 41.9 Å². The molecule has 2 nitrogen and oxygen atoms in total. The number of aliphatic hydroxyl groups excluding tert-OH is 1. The topological polar surface area (TPSA) is 37.3 Å². The van der Waals surface area contributed by atoms with E-state index in [1.807, 2.05) is 6.07 Å². The molecule has 3 rings (SSSR count). The lowest BCUT2D eigenvalue weighted by atomic mass is 9.78. The molecule has 1 fully saturated rings. The lowest BCUT2D eigenvalue weighted by Gasteiger charge is -2.28. The lowest BCUT2D eigenvalue weighted by molar-refractivity contribution is 0.0742. The maximum absolute atomic E-state index is 15.0. The van der Waals surface area contributed by atoms with E-state index in [4.69, 9.17) is 0 Å². The van der Waals surface area contributed by atoms with E-state index in [1.165, 1.54) is 44.6 Å². The minimum atomic E-state index is -1.33. The number of carbonyl (C=O) groups is 1. The van der Waals surface area contributed by atoms with Crippen molar-refractivity contribution in [2.45, 2.75) is 64.4 Å². The van der Waals surface area contributed by atoms with E-state index >= 15 is 0 Å². The molecule has 0 heterocycles. The number of ketones is 1. The third-order valence-electron chi connectivity index (χ3n) is 6.19. The molecular formula is C25H31FO2. The molecule has 1 aliphatic rings. The van der Waals surface area contributed by atoms with Gasteiger partial charge < -0.3 is 5.11 Å². The first-order chi connectivity index (χ1) is 13.6. The monoisotopic (exact) mass is 382 g/mol. The Bertz CT molecular complexity index is 763. The first-order valence-corrected chi connectivity index (χ1v) is 10.6. The molecule has 150 valence electrons. The van der Waals surface area contributed by atoms with Crippen LogP contribution in [0.15, 0.2) is 48.5 Å². The molecule has 1 N–H and O–H groups in total. The van der Waals surface area contributed by atoms with Crippen LogP contribution in [0.5, 0.6) is 0 Å². The van der Waals surface area contributed by atoms with Gasteiger partial charge in [0.1, 0.15) is 11.9 Å². The number of aliphatic hydroxyl groups is 1. The summed E-state index contributed by atoms with van der Waals surface area (Å²) in [7, 11) is 0. The van der Waals surface area contributed by atoms with Crippen molar-refractivity contribution in [3.05, 3.63) is 71.0 Å². The molecule has 1 atom stereocenters. The van der Waals surface area contributed by atoms with E-state index in [0.29, 0.717) is 23.5 Å². The van der Waals surface area contributed by atoms with Crippen LogP contribution < -0.4 is 0 Å². The highest BCUT2D eigenvalue weighted by molar-refractivity contribution is 6.00. The Labute approximate surface area is 167 Å². The van der Waals surface area contributed by atoms with Gasteiger partial charge in [-0.25, -0.2) is 4.39 Å². The SMILES string of the molecule is CCC[C@H]1CC[C@H](CCc2cccc(C(=O)C(O)c3ccccc3)c2F)CC1. The average molecular weight is 383 g/mol.